The number of sulfonamides is 1. The Hall–Kier alpha value is -4.37. The maximum atomic E-state index is 13.3. The van der Waals surface area contributed by atoms with E-state index in [-0.39, 0.29) is 22.2 Å². The second kappa shape index (κ2) is 9.59. The molecule has 0 spiro atoms. The fourth-order valence-electron chi connectivity index (χ4n) is 4.43. The molecule has 0 atom stereocenters. The Labute approximate surface area is 213 Å². The lowest BCUT2D eigenvalue weighted by Crippen LogP contribution is -2.15. The van der Waals surface area contributed by atoms with Crippen LogP contribution >= 0.6 is 0 Å². The third-order valence-electron chi connectivity index (χ3n) is 6.04. The Morgan fingerprint density at radius 3 is 2.49 bits per heavy atom. The number of methoxy groups -OCH3 is 3. The highest BCUT2D eigenvalue weighted by Crippen LogP contribution is 2.38. The molecule has 0 bridgehead atoms. The highest BCUT2D eigenvalue weighted by molar-refractivity contribution is 7.93. The highest BCUT2D eigenvalue weighted by atomic mass is 32.2. The Balaban J connectivity index is 1.48. The number of hydrogen-bond donors (Lipinski definition) is 1. The SMILES string of the molecule is CC#CN1Cc2cnn(Cc3cc(OC)c4c(NS(=O)(=O)c5c(OC)cccc5OC)noc4c3)c2C1. The zero-order valence-corrected chi connectivity index (χ0v) is 21.5. The minimum atomic E-state index is -4.16. The first kappa shape index (κ1) is 24.3. The normalized spacial score (nSPS) is 12.7. The van der Waals surface area contributed by atoms with Gasteiger partial charge >= 0.3 is 0 Å². The number of benzene rings is 2. The average Bonchev–Trinajstić information content (AvgIpc) is 3.58. The summed E-state index contributed by atoms with van der Waals surface area (Å²) >= 11 is 0. The maximum Gasteiger partial charge on any atom is 0.270 e. The number of nitrogens with zero attached hydrogens (tertiary/aromatic N) is 4. The molecule has 0 aliphatic carbocycles. The topological polar surface area (TPSA) is 121 Å². The Morgan fingerprint density at radius 2 is 1.81 bits per heavy atom. The van der Waals surface area contributed by atoms with Crippen molar-refractivity contribution in [3.05, 3.63) is 53.3 Å². The molecular weight excluding hydrogens is 498 g/mol. The largest absolute Gasteiger partial charge is 0.496 e. The molecule has 5 rings (SSSR count). The van der Waals surface area contributed by atoms with E-state index < -0.39 is 10.0 Å². The van der Waals surface area contributed by atoms with Gasteiger partial charge in [0.15, 0.2) is 16.3 Å². The molecule has 4 aromatic rings. The van der Waals surface area contributed by atoms with Crippen LogP contribution in [0.15, 0.2) is 45.9 Å². The van der Waals surface area contributed by atoms with Crippen LogP contribution in [-0.4, -0.2) is 49.6 Å². The van der Waals surface area contributed by atoms with Gasteiger partial charge in [0.1, 0.15) is 22.6 Å². The predicted molar refractivity (Wildman–Crippen MR) is 135 cm³/mol. The van der Waals surface area contributed by atoms with Crippen molar-refractivity contribution in [2.24, 2.45) is 0 Å². The third-order valence-corrected chi connectivity index (χ3v) is 7.44. The van der Waals surface area contributed by atoms with Gasteiger partial charge in [0.25, 0.3) is 10.0 Å². The van der Waals surface area contributed by atoms with Gasteiger partial charge in [0, 0.05) is 11.6 Å². The average molecular weight is 524 g/mol. The van der Waals surface area contributed by atoms with Crippen molar-refractivity contribution in [2.45, 2.75) is 31.5 Å². The molecule has 192 valence electrons. The first-order valence-corrected chi connectivity index (χ1v) is 12.8. The van der Waals surface area contributed by atoms with Crippen LogP contribution < -0.4 is 18.9 Å². The molecule has 12 heteroatoms. The van der Waals surface area contributed by atoms with Crippen molar-refractivity contribution in [1.82, 2.24) is 19.8 Å². The molecule has 0 unspecified atom stereocenters. The highest BCUT2D eigenvalue weighted by Gasteiger charge is 2.28. The van der Waals surface area contributed by atoms with Crippen molar-refractivity contribution in [1.29, 1.82) is 0 Å². The van der Waals surface area contributed by atoms with Crippen LogP contribution in [0.2, 0.25) is 0 Å². The number of anilines is 1. The molecule has 1 N–H and O–H groups in total. The van der Waals surface area contributed by atoms with Gasteiger partial charge < -0.3 is 23.6 Å². The number of nitrogens with one attached hydrogen (secondary N) is 1. The van der Waals surface area contributed by atoms with Gasteiger partial charge in [-0.25, -0.2) is 8.42 Å². The quantitative estimate of drug-likeness (QED) is 0.347. The van der Waals surface area contributed by atoms with Gasteiger partial charge in [-0.2, -0.15) is 5.10 Å². The molecule has 1 aliphatic rings. The van der Waals surface area contributed by atoms with Gasteiger partial charge in [-0.1, -0.05) is 17.1 Å². The lowest BCUT2D eigenvalue weighted by molar-refractivity contribution is 0.373. The molecule has 2 aromatic carbocycles. The number of fused-ring (bicyclic) bond motifs is 2. The smallest absolute Gasteiger partial charge is 0.270 e. The lowest BCUT2D eigenvalue weighted by atomic mass is 10.1. The molecule has 1 aliphatic heterocycles. The molecule has 0 fully saturated rings. The van der Waals surface area contributed by atoms with Crippen LogP contribution in [0.25, 0.3) is 11.0 Å². The Morgan fingerprint density at radius 1 is 1.08 bits per heavy atom. The van der Waals surface area contributed by atoms with Crippen LogP contribution in [-0.2, 0) is 29.7 Å². The fraction of sp³-hybridized carbons (Fsp3) is 0.280. The molecule has 37 heavy (non-hydrogen) atoms. The molecule has 2 aromatic heterocycles. The van der Waals surface area contributed by atoms with Crippen molar-refractivity contribution in [2.75, 3.05) is 26.1 Å². The Bertz CT molecular complexity index is 1620. The zero-order valence-electron chi connectivity index (χ0n) is 20.7. The molecule has 3 heterocycles. The molecule has 0 saturated carbocycles. The molecule has 0 saturated heterocycles. The molecule has 0 amide bonds. The molecule has 0 radical (unpaired) electrons. The van der Waals surface area contributed by atoms with Gasteiger partial charge in [0.05, 0.1) is 52.9 Å². The van der Waals surface area contributed by atoms with Crippen molar-refractivity contribution in [3.8, 4) is 29.2 Å². The minimum Gasteiger partial charge on any atom is -0.496 e. The molecular formula is C25H25N5O6S. The van der Waals surface area contributed by atoms with Crippen molar-refractivity contribution >= 4 is 26.8 Å². The first-order valence-electron chi connectivity index (χ1n) is 11.3. The van der Waals surface area contributed by atoms with E-state index in [4.69, 9.17) is 18.7 Å². The lowest BCUT2D eigenvalue weighted by Gasteiger charge is -2.14. The van der Waals surface area contributed by atoms with Gasteiger partial charge in [-0.05, 0) is 36.8 Å². The Kier molecular flexibility index (Phi) is 6.31. The summed E-state index contributed by atoms with van der Waals surface area (Å²) in [6, 6.07) is 11.4. The number of rotatable bonds is 8. The predicted octanol–water partition coefficient (Wildman–Crippen LogP) is 3.20. The standard InChI is InChI=1S/C25H25N5O6S/c1-5-9-29-14-17-12-26-30(18(17)15-29)13-16-10-21(35-4)23-22(11-16)36-27-25(23)28-37(31,32)24-19(33-2)7-6-8-20(24)34-3/h6-8,10-12H,13-15H2,1-4H3,(H,27,28). The van der Waals surface area contributed by atoms with E-state index in [1.54, 1.807) is 12.1 Å². The summed E-state index contributed by atoms with van der Waals surface area (Å²) in [5.41, 5.74) is 3.45. The summed E-state index contributed by atoms with van der Waals surface area (Å²) in [6.45, 7) is 3.71. The summed E-state index contributed by atoms with van der Waals surface area (Å²) in [7, 11) is 0.104. The van der Waals surface area contributed by atoms with Gasteiger partial charge in [0.2, 0.25) is 0 Å². The van der Waals surface area contributed by atoms with Crippen LogP contribution in [0.4, 0.5) is 5.82 Å². The minimum absolute atomic E-state index is 0.0138. The van der Waals surface area contributed by atoms with Gasteiger partial charge in [-0.15, -0.1) is 0 Å². The van der Waals surface area contributed by atoms with Crippen molar-refractivity contribution < 1.29 is 27.2 Å². The summed E-state index contributed by atoms with van der Waals surface area (Å²) in [4.78, 5) is 1.89. The summed E-state index contributed by atoms with van der Waals surface area (Å²) < 4.78 is 52.7. The van der Waals surface area contributed by atoms with Gasteiger partial charge in [-0.3, -0.25) is 9.40 Å². The fourth-order valence-corrected chi connectivity index (χ4v) is 5.75. The summed E-state index contributed by atoms with van der Waals surface area (Å²) in [6.07, 6.45) is 1.86. The van der Waals surface area contributed by atoms with E-state index in [9.17, 15) is 8.42 Å². The van der Waals surface area contributed by atoms with Crippen LogP contribution in [0.3, 0.4) is 0 Å². The number of ether oxygens (including phenoxy) is 3. The maximum absolute atomic E-state index is 13.3. The zero-order chi connectivity index (χ0) is 26.2. The van der Waals surface area contributed by atoms with Crippen molar-refractivity contribution in [3.63, 3.8) is 0 Å². The second-order valence-corrected chi connectivity index (χ2v) is 9.91. The van der Waals surface area contributed by atoms with E-state index in [0.29, 0.717) is 29.8 Å². The van der Waals surface area contributed by atoms with Crippen LogP contribution in [0.5, 0.6) is 17.2 Å². The van der Waals surface area contributed by atoms with E-state index in [1.807, 2.05) is 28.8 Å². The van der Waals surface area contributed by atoms with Crippen LogP contribution in [0, 0.1) is 12.0 Å². The van der Waals surface area contributed by atoms with E-state index in [2.05, 4.69) is 26.9 Å². The number of hydrogen-bond acceptors (Lipinski definition) is 9. The summed E-state index contributed by atoms with van der Waals surface area (Å²) in [5.74, 6) is 3.58. The van der Waals surface area contributed by atoms with E-state index in [1.165, 1.54) is 33.5 Å². The van der Waals surface area contributed by atoms with Crippen LogP contribution in [0.1, 0.15) is 23.7 Å². The van der Waals surface area contributed by atoms with E-state index >= 15 is 0 Å². The van der Waals surface area contributed by atoms with E-state index in [0.717, 1.165) is 23.4 Å². The third kappa shape index (κ3) is 4.38. The number of aromatic nitrogens is 3. The second-order valence-electron chi connectivity index (χ2n) is 8.29. The first-order chi connectivity index (χ1) is 17.9. The summed E-state index contributed by atoms with van der Waals surface area (Å²) in [5, 5.41) is 8.89. The monoisotopic (exact) mass is 523 g/mol. The molecule has 11 nitrogen and oxygen atoms in total.